The molecule has 0 radical (unpaired) electrons. The van der Waals surface area contributed by atoms with Crippen molar-refractivity contribution in [3.8, 4) is 11.3 Å². The van der Waals surface area contributed by atoms with Gasteiger partial charge in [-0.3, -0.25) is 4.98 Å². The van der Waals surface area contributed by atoms with Gasteiger partial charge in [0.2, 0.25) is 0 Å². The van der Waals surface area contributed by atoms with Crippen molar-refractivity contribution < 1.29 is 0 Å². The van der Waals surface area contributed by atoms with E-state index in [4.69, 9.17) is 5.73 Å². The predicted octanol–water partition coefficient (Wildman–Crippen LogP) is 1.37. The summed E-state index contributed by atoms with van der Waals surface area (Å²) >= 11 is 0. The van der Waals surface area contributed by atoms with Crippen molar-refractivity contribution in [3.05, 3.63) is 30.2 Å². The summed E-state index contributed by atoms with van der Waals surface area (Å²) in [6, 6.07) is 3.96. The summed E-state index contributed by atoms with van der Waals surface area (Å²) in [7, 11) is 1.90. The fourth-order valence-electron chi connectivity index (χ4n) is 1.40. The molecule has 0 aliphatic carbocycles. The van der Waals surface area contributed by atoms with E-state index in [1.54, 1.807) is 12.4 Å². The van der Waals surface area contributed by atoms with Crippen molar-refractivity contribution in [3.63, 3.8) is 0 Å². The second kappa shape index (κ2) is 3.14. The van der Waals surface area contributed by atoms with Crippen LogP contribution in [0.2, 0.25) is 0 Å². The van der Waals surface area contributed by atoms with Crippen molar-refractivity contribution in [1.82, 2.24) is 14.5 Å². The molecule has 0 spiro atoms. The molecule has 0 aliphatic heterocycles. The van der Waals surface area contributed by atoms with Crippen LogP contribution in [0.15, 0.2) is 24.5 Å². The molecule has 2 aromatic heterocycles. The molecule has 4 heteroatoms. The minimum Gasteiger partial charge on any atom is -0.369 e. The molecule has 2 N–H and O–H groups in total. The van der Waals surface area contributed by atoms with E-state index in [1.807, 2.05) is 30.7 Å². The van der Waals surface area contributed by atoms with Crippen LogP contribution < -0.4 is 5.73 Å². The van der Waals surface area contributed by atoms with Gasteiger partial charge in [0.05, 0.1) is 11.9 Å². The van der Waals surface area contributed by atoms with Crippen LogP contribution in [0.4, 0.5) is 5.95 Å². The Morgan fingerprint density at radius 1 is 1.36 bits per heavy atom. The summed E-state index contributed by atoms with van der Waals surface area (Å²) in [6.45, 7) is 1.96. The molecular formula is C10H12N4. The van der Waals surface area contributed by atoms with E-state index in [9.17, 15) is 0 Å². The van der Waals surface area contributed by atoms with E-state index in [1.165, 1.54) is 0 Å². The van der Waals surface area contributed by atoms with Gasteiger partial charge < -0.3 is 10.3 Å². The highest BCUT2D eigenvalue weighted by atomic mass is 15.1. The maximum Gasteiger partial charge on any atom is 0.200 e. The lowest BCUT2D eigenvalue weighted by atomic mass is 10.2. The first-order chi connectivity index (χ1) is 6.68. The van der Waals surface area contributed by atoms with Gasteiger partial charge in [0.1, 0.15) is 0 Å². The molecule has 0 unspecified atom stereocenters. The van der Waals surface area contributed by atoms with Crippen LogP contribution in [-0.4, -0.2) is 14.5 Å². The average molecular weight is 188 g/mol. The molecule has 2 rings (SSSR count). The molecule has 0 amide bonds. The molecule has 14 heavy (non-hydrogen) atoms. The summed E-state index contributed by atoms with van der Waals surface area (Å²) in [5.41, 5.74) is 8.74. The largest absolute Gasteiger partial charge is 0.369 e. The monoisotopic (exact) mass is 188 g/mol. The number of rotatable bonds is 1. The van der Waals surface area contributed by atoms with Crippen LogP contribution in [0.1, 0.15) is 5.69 Å². The topological polar surface area (TPSA) is 56.7 Å². The Bertz CT molecular complexity index is 459. The Balaban J connectivity index is 2.55. The van der Waals surface area contributed by atoms with Crippen LogP contribution >= 0.6 is 0 Å². The second-order valence-corrected chi connectivity index (χ2v) is 3.25. The number of pyridine rings is 1. The summed E-state index contributed by atoms with van der Waals surface area (Å²) < 4.78 is 1.86. The summed E-state index contributed by atoms with van der Waals surface area (Å²) in [4.78, 5) is 8.18. The normalized spacial score (nSPS) is 10.4. The fourth-order valence-corrected chi connectivity index (χ4v) is 1.40. The molecule has 2 aromatic rings. The van der Waals surface area contributed by atoms with Gasteiger partial charge in [-0.1, -0.05) is 0 Å². The van der Waals surface area contributed by atoms with E-state index >= 15 is 0 Å². The third-order valence-electron chi connectivity index (χ3n) is 2.22. The third kappa shape index (κ3) is 1.35. The zero-order valence-electron chi connectivity index (χ0n) is 8.23. The first kappa shape index (κ1) is 8.74. The van der Waals surface area contributed by atoms with Gasteiger partial charge >= 0.3 is 0 Å². The predicted molar refractivity (Wildman–Crippen MR) is 55.6 cm³/mol. The molecule has 72 valence electrons. The van der Waals surface area contributed by atoms with E-state index in [-0.39, 0.29) is 0 Å². The van der Waals surface area contributed by atoms with Gasteiger partial charge in [0.15, 0.2) is 5.95 Å². The minimum absolute atomic E-state index is 0.523. The summed E-state index contributed by atoms with van der Waals surface area (Å²) in [5.74, 6) is 0.523. The lowest BCUT2D eigenvalue weighted by Crippen LogP contribution is -1.98. The van der Waals surface area contributed by atoms with Crippen LogP contribution in [-0.2, 0) is 7.05 Å². The highest BCUT2D eigenvalue weighted by molar-refractivity contribution is 5.60. The fraction of sp³-hybridized carbons (Fsp3) is 0.200. The van der Waals surface area contributed by atoms with Crippen LogP contribution in [0.25, 0.3) is 11.3 Å². The SMILES string of the molecule is Cc1cc(-c2cnc(N)n2C)ccn1. The Kier molecular flexibility index (Phi) is 1.96. The number of aromatic nitrogens is 3. The highest BCUT2D eigenvalue weighted by Gasteiger charge is 2.05. The number of hydrogen-bond donors (Lipinski definition) is 1. The molecule has 0 aliphatic rings. The quantitative estimate of drug-likeness (QED) is 0.735. The van der Waals surface area contributed by atoms with Crippen molar-refractivity contribution in [2.45, 2.75) is 6.92 Å². The number of hydrogen-bond acceptors (Lipinski definition) is 3. The highest BCUT2D eigenvalue weighted by Crippen LogP contribution is 2.20. The van der Waals surface area contributed by atoms with Crippen LogP contribution in [0.3, 0.4) is 0 Å². The van der Waals surface area contributed by atoms with Crippen molar-refractivity contribution >= 4 is 5.95 Å². The molecule has 0 saturated carbocycles. The molecule has 2 heterocycles. The number of imidazole rings is 1. The second-order valence-electron chi connectivity index (χ2n) is 3.25. The zero-order valence-corrected chi connectivity index (χ0v) is 8.23. The Morgan fingerprint density at radius 3 is 2.71 bits per heavy atom. The van der Waals surface area contributed by atoms with Crippen molar-refractivity contribution in [2.24, 2.45) is 7.05 Å². The minimum atomic E-state index is 0.523. The Hall–Kier alpha value is -1.84. The van der Waals surface area contributed by atoms with E-state index in [0.29, 0.717) is 5.95 Å². The van der Waals surface area contributed by atoms with E-state index < -0.39 is 0 Å². The summed E-state index contributed by atoms with van der Waals surface area (Å²) in [5, 5.41) is 0. The number of aryl methyl sites for hydroxylation is 1. The number of anilines is 1. The van der Waals surface area contributed by atoms with Crippen LogP contribution in [0, 0.1) is 6.92 Å². The molecule has 0 bridgehead atoms. The molecule has 0 atom stereocenters. The molecule has 0 fully saturated rings. The number of nitrogens with zero attached hydrogens (tertiary/aromatic N) is 3. The first-order valence-corrected chi connectivity index (χ1v) is 4.38. The number of nitrogens with two attached hydrogens (primary N) is 1. The van der Waals surface area contributed by atoms with Gasteiger partial charge in [-0.15, -0.1) is 0 Å². The van der Waals surface area contributed by atoms with Crippen LogP contribution in [0.5, 0.6) is 0 Å². The molecule has 0 saturated heterocycles. The smallest absolute Gasteiger partial charge is 0.200 e. The lowest BCUT2D eigenvalue weighted by Gasteiger charge is -2.03. The zero-order chi connectivity index (χ0) is 10.1. The van der Waals surface area contributed by atoms with Gasteiger partial charge in [-0.05, 0) is 19.1 Å². The van der Waals surface area contributed by atoms with E-state index in [0.717, 1.165) is 17.0 Å². The van der Waals surface area contributed by atoms with Gasteiger partial charge in [0, 0.05) is 24.5 Å². The van der Waals surface area contributed by atoms with Gasteiger partial charge in [0.25, 0.3) is 0 Å². The Labute approximate surface area is 82.4 Å². The lowest BCUT2D eigenvalue weighted by molar-refractivity contribution is 0.937. The first-order valence-electron chi connectivity index (χ1n) is 4.38. The average Bonchev–Trinajstić information content (AvgIpc) is 2.48. The van der Waals surface area contributed by atoms with Crippen molar-refractivity contribution in [1.29, 1.82) is 0 Å². The Morgan fingerprint density at radius 2 is 2.14 bits per heavy atom. The maximum absolute atomic E-state index is 5.65. The maximum atomic E-state index is 5.65. The number of nitrogen functional groups attached to an aromatic ring is 1. The molecular weight excluding hydrogens is 176 g/mol. The standard InChI is InChI=1S/C10H12N4/c1-7-5-8(3-4-12-7)9-6-13-10(11)14(9)2/h3-6H,1-2H3,(H2,11,13). The molecule has 0 aromatic carbocycles. The van der Waals surface area contributed by atoms with Gasteiger partial charge in [-0.25, -0.2) is 4.98 Å². The third-order valence-corrected chi connectivity index (χ3v) is 2.22. The molecule has 4 nitrogen and oxygen atoms in total. The summed E-state index contributed by atoms with van der Waals surface area (Å²) in [6.07, 6.45) is 3.55. The van der Waals surface area contributed by atoms with Crippen molar-refractivity contribution in [2.75, 3.05) is 5.73 Å². The van der Waals surface area contributed by atoms with Gasteiger partial charge in [-0.2, -0.15) is 0 Å². The van der Waals surface area contributed by atoms with E-state index in [2.05, 4.69) is 9.97 Å².